The van der Waals surface area contributed by atoms with Crippen molar-refractivity contribution in [2.45, 2.75) is 38.6 Å². The van der Waals surface area contributed by atoms with E-state index < -0.39 is 0 Å². The Morgan fingerprint density at radius 3 is 3.00 bits per heavy atom. The molecule has 0 spiro atoms. The van der Waals surface area contributed by atoms with E-state index in [1.54, 1.807) is 6.26 Å². The van der Waals surface area contributed by atoms with Crippen molar-refractivity contribution in [2.24, 2.45) is 0 Å². The summed E-state index contributed by atoms with van der Waals surface area (Å²) in [6, 6.07) is 2.19. The maximum atomic E-state index is 11.3. The van der Waals surface area contributed by atoms with Gasteiger partial charge >= 0.3 is 0 Å². The van der Waals surface area contributed by atoms with Crippen LogP contribution in [-0.2, 0) is 4.79 Å². The monoisotopic (exact) mass is 193 g/mol. The van der Waals surface area contributed by atoms with Crippen LogP contribution in [0, 0.1) is 6.92 Å². The van der Waals surface area contributed by atoms with E-state index in [1.165, 1.54) is 0 Å². The van der Waals surface area contributed by atoms with E-state index in [4.69, 9.17) is 4.42 Å². The van der Waals surface area contributed by atoms with Crippen LogP contribution < -0.4 is 5.32 Å². The maximum Gasteiger partial charge on any atom is 0.221 e. The van der Waals surface area contributed by atoms with E-state index in [9.17, 15) is 4.79 Å². The molecule has 1 aliphatic heterocycles. The summed E-state index contributed by atoms with van der Waals surface area (Å²) in [5, 5.41) is 2.97. The Bertz CT molecular complexity index is 343. The number of carbonyl (C=O) groups excluding carboxylic acids is 1. The van der Waals surface area contributed by atoms with Crippen LogP contribution in [-0.4, -0.2) is 11.9 Å². The Morgan fingerprint density at radius 2 is 2.43 bits per heavy atom. The molecule has 0 aromatic carbocycles. The van der Waals surface area contributed by atoms with Crippen molar-refractivity contribution in [2.75, 3.05) is 0 Å². The van der Waals surface area contributed by atoms with Crippen molar-refractivity contribution in [1.29, 1.82) is 0 Å². The van der Waals surface area contributed by atoms with E-state index in [2.05, 4.69) is 12.2 Å². The fourth-order valence-corrected chi connectivity index (χ4v) is 2.13. The molecule has 2 heterocycles. The second-order valence-corrected chi connectivity index (χ2v) is 3.86. The SMILES string of the molecule is CCC1NC(=O)CC1c1occc1C. The summed E-state index contributed by atoms with van der Waals surface area (Å²) in [6.07, 6.45) is 3.21. The highest BCUT2D eigenvalue weighted by Crippen LogP contribution is 2.32. The highest BCUT2D eigenvalue weighted by Gasteiger charge is 2.34. The van der Waals surface area contributed by atoms with Crippen molar-refractivity contribution in [3.63, 3.8) is 0 Å². The minimum atomic E-state index is 0.137. The van der Waals surface area contributed by atoms with Crippen LogP contribution in [0.5, 0.6) is 0 Å². The molecule has 0 saturated carbocycles. The van der Waals surface area contributed by atoms with Gasteiger partial charge in [0, 0.05) is 18.4 Å². The molecule has 2 rings (SSSR count). The first-order valence-corrected chi connectivity index (χ1v) is 5.05. The van der Waals surface area contributed by atoms with Crippen LogP contribution in [0.25, 0.3) is 0 Å². The number of rotatable bonds is 2. The zero-order valence-corrected chi connectivity index (χ0v) is 8.54. The summed E-state index contributed by atoms with van der Waals surface area (Å²) < 4.78 is 5.44. The molecular formula is C11H15NO2. The summed E-state index contributed by atoms with van der Waals surface area (Å²) in [7, 11) is 0. The summed E-state index contributed by atoms with van der Waals surface area (Å²) >= 11 is 0. The number of hydrogen-bond donors (Lipinski definition) is 1. The first kappa shape index (κ1) is 9.31. The average Bonchev–Trinajstić information content (AvgIpc) is 2.71. The van der Waals surface area contributed by atoms with Gasteiger partial charge in [0.1, 0.15) is 5.76 Å². The van der Waals surface area contributed by atoms with Gasteiger partial charge in [0.25, 0.3) is 0 Å². The number of nitrogens with one attached hydrogen (secondary N) is 1. The van der Waals surface area contributed by atoms with Crippen molar-refractivity contribution < 1.29 is 9.21 Å². The third-order valence-electron chi connectivity index (χ3n) is 2.92. The van der Waals surface area contributed by atoms with Crippen molar-refractivity contribution in [3.05, 3.63) is 23.7 Å². The predicted molar refractivity (Wildman–Crippen MR) is 53.0 cm³/mol. The molecule has 0 aliphatic carbocycles. The van der Waals surface area contributed by atoms with Crippen molar-refractivity contribution in [1.82, 2.24) is 5.32 Å². The molecule has 2 atom stereocenters. The highest BCUT2D eigenvalue weighted by molar-refractivity contribution is 5.80. The van der Waals surface area contributed by atoms with Gasteiger partial charge in [-0.1, -0.05) is 6.92 Å². The molecule has 1 aliphatic rings. The lowest BCUT2D eigenvalue weighted by atomic mass is 9.94. The second-order valence-electron chi connectivity index (χ2n) is 3.86. The fraction of sp³-hybridized carbons (Fsp3) is 0.545. The topological polar surface area (TPSA) is 42.2 Å². The van der Waals surface area contributed by atoms with E-state index in [1.807, 2.05) is 13.0 Å². The maximum absolute atomic E-state index is 11.3. The number of amides is 1. The summed E-state index contributed by atoms with van der Waals surface area (Å²) in [6.45, 7) is 4.11. The molecule has 3 nitrogen and oxygen atoms in total. The van der Waals surface area contributed by atoms with Crippen LogP contribution in [0.4, 0.5) is 0 Å². The van der Waals surface area contributed by atoms with Crippen molar-refractivity contribution in [3.8, 4) is 0 Å². The molecule has 0 bridgehead atoms. The normalized spacial score (nSPS) is 26.6. The Balaban J connectivity index is 2.26. The van der Waals surface area contributed by atoms with Crippen molar-refractivity contribution >= 4 is 5.91 Å². The lowest BCUT2D eigenvalue weighted by Crippen LogP contribution is -2.27. The number of aryl methyl sites for hydroxylation is 1. The fourth-order valence-electron chi connectivity index (χ4n) is 2.13. The molecule has 2 unspecified atom stereocenters. The van der Waals surface area contributed by atoms with Crippen LogP contribution in [0.1, 0.15) is 37.0 Å². The number of furan rings is 1. The Hall–Kier alpha value is -1.25. The lowest BCUT2D eigenvalue weighted by molar-refractivity contribution is -0.119. The van der Waals surface area contributed by atoms with Crippen LogP contribution in [0.2, 0.25) is 0 Å². The summed E-state index contributed by atoms with van der Waals surface area (Å²) in [4.78, 5) is 11.3. The zero-order chi connectivity index (χ0) is 10.1. The molecule has 1 N–H and O–H groups in total. The minimum Gasteiger partial charge on any atom is -0.469 e. The molecule has 1 saturated heterocycles. The quantitative estimate of drug-likeness (QED) is 0.780. The standard InChI is InChI=1S/C11H15NO2/c1-3-9-8(6-10(13)12-9)11-7(2)4-5-14-11/h4-5,8-9H,3,6H2,1-2H3,(H,12,13). The molecule has 3 heteroatoms. The molecule has 76 valence electrons. The molecule has 1 aromatic rings. The third kappa shape index (κ3) is 1.43. The Morgan fingerprint density at radius 1 is 1.64 bits per heavy atom. The van der Waals surface area contributed by atoms with Gasteiger partial charge in [-0.05, 0) is 25.0 Å². The lowest BCUT2D eigenvalue weighted by Gasteiger charge is -2.15. The van der Waals surface area contributed by atoms with Crippen LogP contribution in [0.3, 0.4) is 0 Å². The number of hydrogen-bond acceptors (Lipinski definition) is 2. The molecule has 0 radical (unpaired) electrons. The summed E-state index contributed by atoms with van der Waals surface area (Å²) in [5.41, 5.74) is 1.14. The largest absolute Gasteiger partial charge is 0.469 e. The first-order chi connectivity index (χ1) is 6.72. The third-order valence-corrected chi connectivity index (χ3v) is 2.92. The summed E-state index contributed by atoms with van der Waals surface area (Å²) in [5.74, 6) is 1.33. The average molecular weight is 193 g/mol. The molecular weight excluding hydrogens is 178 g/mol. The van der Waals surface area contributed by atoms with Crippen LogP contribution in [0.15, 0.2) is 16.7 Å². The second kappa shape index (κ2) is 3.48. The van der Waals surface area contributed by atoms with Gasteiger partial charge in [-0.2, -0.15) is 0 Å². The van der Waals surface area contributed by atoms with E-state index in [-0.39, 0.29) is 17.9 Å². The van der Waals surface area contributed by atoms with E-state index in [0.29, 0.717) is 6.42 Å². The molecule has 1 aromatic heterocycles. The van der Waals surface area contributed by atoms with Gasteiger partial charge in [0.15, 0.2) is 0 Å². The first-order valence-electron chi connectivity index (χ1n) is 5.05. The van der Waals surface area contributed by atoms with Gasteiger partial charge < -0.3 is 9.73 Å². The van der Waals surface area contributed by atoms with Gasteiger partial charge in [-0.25, -0.2) is 0 Å². The smallest absolute Gasteiger partial charge is 0.221 e. The molecule has 1 amide bonds. The molecule has 14 heavy (non-hydrogen) atoms. The van der Waals surface area contributed by atoms with Crippen LogP contribution >= 0.6 is 0 Å². The van der Waals surface area contributed by atoms with E-state index >= 15 is 0 Å². The Kier molecular flexibility index (Phi) is 2.32. The predicted octanol–water partition coefficient (Wildman–Crippen LogP) is 1.97. The minimum absolute atomic E-state index is 0.137. The van der Waals surface area contributed by atoms with Gasteiger partial charge in [0.2, 0.25) is 5.91 Å². The molecule has 1 fully saturated rings. The highest BCUT2D eigenvalue weighted by atomic mass is 16.3. The Labute approximate surface area is 83.5 Å². The van der Waals surface area contributed by atoms with Gasteiger partial charge in [-0.3, -0.25) is 4.79 Å². The number of carbonyl (C=O) groups is 1. The van der Waals surface area contributed by atoms with Gasteiger partial charge in [-0.15, -0.1) is 0 Å². The van der Waals surface area contributed by atoms with E-state index in [0.717, 1.165) is 17.7 Å². The van der Waals surface area contributed by atoms with Gasteiger partial charge in [0.05, 0.1) is 6.26 Å². The zero-order valence-electron chi connectivity index (χ0n) is 8.54.